The van der Waals surface area contributed by atoms with Crippen LogP contribution in [0, 0.1) is 19.8 Å². The lowest BCUT2D eigenvalue weighted by Gasteiger charge is -2.40. The minimum Gasteiger partial charge on any atom is -0.385 e. The SMILES string of the molecule is COCCCC[C@@](O)(c1ccccc1-c1ccc(C)cc1)C1CCCNC1.Cc1ccc(-c2ccccc2Br)cc1. The molecule has 0 amide bonds. The standard InChI is InChI=1S/C24H33NO2.C13H11Br/c1-19-11-13-20(14-12-19)22-9-3-4-10-23(22)24(26,15-5-6-17-27-2)21-8-7-16-25-18-21;1-10-6-8-11(9-7-10)12-4-2-3-5-13(12)14/h3-4,9-14,21,25-26H,5-8,15-18H2,1-2H3;2-9H,1H3/t21?,24-;/m0./s1. The van der Waals surface area contributed by atoms with Gasteiger partial charge in [0, 0.05) is 30.7 Å². The Morgan fingerprint density at radius 1 is 0.805 bits per heavy atom. The number of unbranched alkanes of at least 4 members (excludes halogenated alkanes) is 1. The van der Waals surface area contributed by atoms with Crippen LogP contribution in [-0.4, -0.2) is 31.9 Å². The number of aryl methyl sites for hydroxylation is 2. The zero-order chi connectivity index (χ0) is 29.1. The summed E-state index contributed by atoms with van der Waals surface area (Å²) >= 11 is 3.55. The lowest BCUT2D eigenvalue weighted by atomic mass is 9.72. The lowest BCUT2D eigenvalue weighted by molar-refractivity contribution is -0.0429. The van der Waals surface area contributed by atoms with Gasteiger partial charge in [0.2, 0.25) is 0 Å². The smallest absolute Gasteiger partial charge is 0.0942 e. The molecule has 5 rings (SSSR count). The number of methoxy groups -OCH3 is 1. The number of hydrogen-bond donors (Lipinski definition) is 2. The maximum atomic E-state index is 12.0. The highest BCUT2D eigenvalue weighted by molar-refractivity contribution is 9.10. The first-order chi connectivity index (χ1) is 19.9. The summed E-state index contributed by atoms with van der Waals surface area (Å²) in [7, 11) is 1.74. The summed E-state index contributed by atoms with van der Waals surface area (Å²) in [5, 5.41) is 15.5. The first-order valence-corrected chi connectivity index (χ1v) is 15.6. The summed E-state index contributed by atoms with van der Waals surface area (Å²) < 4.78 is 6.36. The van der Waals surface area contributed by atoms with Crippen LogP contribution in [0.15, 0.2) is 102 Å². The summed E-state index contributed by atoms with van der Waals surface area (Å²) in [5.74, 6) is 0.236. The summed E-state index contributed by atoms with van der Waals surface area (Å²) in [6.07, 6.45) is 4.90. The molecule has 1 fully saturated rings. The second kappa shape index (κ2) is 15.5. The van der Waals surface area contributed by atoms with Gasteiger partial charge in [-0.25, -0.2) is 0 Å². The van der Waals surface area contributed by atoms with Gasteiger partial charge in [-0.3, -0.25) is 0 Å². The molecule has 0 spiro atoms. The number of benzene rings is 4. The Labute approximate surface area is 255 Å². The van der Waals surface area contributed by atoms with E-state index >= 15 is 0 Å². The summed E-state index contributed by atoms with van der Waals surface area (Å²) in [6.45, 7) is 6.89. The van der Waals surface area contributed by atoms with Gasteiger partial charge in [0.15, 0.2) is 0 Å². The van der Waals surface area contributed by atoms with Crippen LogP contribution in [-0.2, 0) is 10.3 Å². The van der Waals surface area contributed by atoms with Gasteiger partial charge in [-0.05, 0) is 86.4 Å². The van der Waals surface area contributed by atoms with E-state index in [1.165, 1.54) is 27.8 Å². The van der Waals surface area contributed by atoms with Gasteiger partial charge in [-0.1, -0.05) is 118 Å². The largest absolute Gasteiger partial charge is 0.385 e. The average molecular weight is 615 g/mol. The zero-order valence-electron chi connectivity index (χ0n) is 24.7. The fourth-order valence-electron chi connectivity index (χ4n) is 5.73. The fraction of sp³-hybridized carbons (Fsp3) is 0.351. The summed E-state index contributed by atoms with van der Waals surface area (Å²) in [5.41, 5.74) is 7.62. The van der Waals surface area contributed by atoms with Crippen LogP contribution in [0.4, 0.5) is 0 Å². The van der Waals surface area contributed by atoms with Gasteiger partial charge in [0.05, 0.1) is 5.60 Å². The number of nitrogens with one attached hydrogen (secondary N) is 1. The van der Waals surface area contributed by atoms with E-state index in [4.69, 9.17) is 4.74 Å². The molecule has 1 aliphatic rings. The third kappa shape index (κ3) is 8.39. The van der Waals surface area contributed by atoms with Crippen molar-refractivity contribution in [1.29, 1.82) is 0 Å². The molecular weight excluding hydrogens is 570 g/mol. The van der Waals surface area contributed by atoms with Crippen molar-refractivity contribution >= 4 is 15.9 Å². The summed E-state index contributed by atoms with van der Waals surface area (Å²) in [4.78, 5) is 0. The van der Waals surface area contributed by atoms with Gasteiger partial charge in [0.1, 0.15) is 0 Å². The number of piperidine rings is 1. The van der Waals surface area contributed by atoms with Gasteiger partial charge < -0.3 is 15.2 Å². The Morgan fingerprint density at radius 3 is 1.98 bits per heavy atom. The van der Waals surface area contributed by atoms with Crippen LogP contribution >= 0.6 is 15.9 Å². The molecule has 1 saturated heterocycles. The molecule has 4 aromatic carbocycles. The highest BCUT2D eigenvalue weighted by Crippen LogP contribution is 2.42. The van der Waals surface area contributed by atoms with E-state index in [0.717, 1.165) is 67.4 Å². The van der Waals surface area contributed by atoms with E-state index < -0.39 is 5.60 Å². The monoisotopic (exact) mass is 613 g/mol. The van der Waals surface area contributed by atoms with Gasteiger partial charge in [-0.15, -0.1) is 0 Å². The van der Waals surface area contributed by atoms with Crippen molar-refractivity contribution < 1.29 is 9.84 Å². The molecule has 4 aromatic rings. The normalized spacial score (nSPS) is 16.4. The minimum absolute atomic E-state index is 0.236. The molecule has 0 aliphatic carbocycles. The molecule has 0 aromatic heterocycles. The average Bonchev–Trinajstić information content (AvgIpc) is 3.01. The molecule has 0 radical (unpaired) electrons. The Bertz CT molecular complexity index is 1350. The highest BCUT2D eigenvalue weighted by Gasteiger charge is 2.40. The van der Waals surface area contributed by atoms with E-state index in [-0.39, 0.29) is 5.92 Å². The molecule has 2 atom stereocenters. The van der Waals surface area contributed by atoms with Crippen LogP contribution in [0.1, 0.15) is 48.8 Å². The maximum absolute atomic E-state index is 12.0. The van der Waals surface area contributed by atoms with Gasteiger partial charge >= 0.3 is 0 Å². The van der Waals surface area contributed by atoms with Crippen molar-refractivity contribution in [3.05, 3.63) is 118 Å². The number of aliphatic hydroxyl groups is 1. The minimum atomic E-state index is -0.817. The molecule has 216 valence electrons. The molecule has 0 bridgehead atoms. The van der Waals surface area contributed by atoms with Crippen LogP contribution in [0.2, 0.25) is 0 Å². The number of halogens is 1. The molecule has 1 heterocycles. The first kappa shape index (κ1) is 31.2. The summed E-state index contributed by atoms with van der Waals surface area (Å²) in [6, 6.07) is 33.9. The Morgan fingerprint density at radius 2 is 1.39 bits per heavy atom. The Balaban J connectivity index is 0.000000231. The molecule has 1 unspecified atom stereocenters. The van der Waals surface area contributed by atoms with Crippen LogP contribution in [0.3, 0.4) is 0 Å². The third-order valence-corrected chi connectivity index (χ3v) is 8.81. The number of ether oxygens (including phenoxy) is 1. The third-order valence-electron chi connectivity index (χ3n) is 8.12. The van der Waals surface area contributed by atoms with Crippen LogP contribution in [0.5, 0.6) is 0 Å². The Hall–Kier alpha value is -2.76. The molecule has 1 aliphatic heterocycles. The second-order valence-corrected chi connectivity index (χ2v) is 12.0. The van der Waals surface area contributed by atoms with Crippen molar-refractivity contribution in [3.63, 3.8) is 0 Å². The molecular formula is C37H44BrNO2. The Kier molecular flexibility index (Phi) is 11.8. The van der Waals surface area contributed by atoms with Gasteiger partial charge in [-0.2, -0.15) is 0 Å². The first-order valence-electron chi connectivity index (χ1n) is 14.8. The highest BCUT2D eigenvalue weighted by atomic mass is 79.9. The lowest BCUT2D eigenvalue weighted by Crippen LogP contribution is -2.44. The number of rotatable bonds is 9. The van der Waals surface area contributed by atoms with E-state index in [9.17, 15) is 5.11 Å². The van der Waals surface area contributed by atoms with E-state index in [2.05, 4.69) is 126 Å². The molecule has 2 N–H and O–H groups in total. The zero-order valence-corrected chi connectivity index (χ0v) is 26.3. The predicted molar refractivity (Wildman–Crippen MR) is 176 cm³/mol. The van der Waals surface area contributed by atoms with Crippen molar-refractivity contribution in [2.24, 2.45) is 5.92 Å². The molecule has 3 nitrogen and oxygen atoms in total. The van der Waals surface area contributed by atoms with E-state index in [1.54, 1.807) is 7.11 Å². The van der Waals surface area contributed by atoms with Crippen molar-refractivity contribution in [2.75, 3.05) is 26.8 Å². The number of hydrogen-bond acceptors (Lipinski definition) is 3. The van der Waals surface area contributed by atoms with E-state index in [0.29, 0.717) is 0 Å². The van der Waals surface area contributed by atoms with Crippen molar-refractivity contribution in [3.8, 4) is 22.3 Å². The maximum Gasteiger partial charge on any atom is 0.0942 e. The fourth-order valence-corrected chi connectivity index (χ4v) is 6.25. The second-order valence-electron chi connectivity index (χ2n) is 11.2. The van der Waals surface area contributed by atoms with Gasteiger partial charge in [0.25, 0.3) is 0 Å². The van der Waals surface area contributed by atoms with Crippen LogP contribution < -0.4 is 5.32 Å². The van der Waals surface area contributed by atoms with Crippen molar-refractivity contribution in [1.82, 2.24) is 5.32 Å². The topological polar surface area (TPSA) is 41.5 Å². The van der Waals surface area contributed by atoms with Crippen LogP contribution in [0.25, 0.3) is 22.3 Å². The quantitative estimate of drug-likeness (QED) is 0.185. The van der Waals surface area contributed by atoms with Crippen molar-refractivity contribution in [2.45, 2.75) is 51.6 Å². The van der Waals surface area contributed by atoms with E-state index in [1.807, 2.05) is 6.07 Å². The molecule has 0 saturated carbocycles. The molecule has 4 heteroatoms. The predicted octanol–water partition coefficient (Wildman–Crippen LogP) is 9.09. The molecule has 41 heavy (non-hydrogen) atoms.